The van der Waals surface area contributed by atoms with Gasteiger partial charge in [0.2, 0.25) is 0 Å². The van der Waals surface area contributed by atoms with E-state index in [1.165, 1.54) is 11.3 Å². The molecule has 26 heavy (non-hydrogen) atoms. The molecular weight excluding hydrogens is 386 g/mol. The van der Waals surface area contributed by atoms with E-state index in [4.69, 9.17) is 21.3 Å². The highest BCUT2D eigenvalue weighted by Crippen LogP contribution is 2.33. The SMILES string of the molecule is CCOc1ccc2nc(-c3ccc(NCc4cnc(Cl)s4)cc3)sc2c1. The fourth-order valence-electron chi connectivity index (χ4n) is 2.57. The van der Waals surface area contributed by atoms with Gasteiger partial charge in [-0.2, -0.15) is 0 Å². The molecule has 0 aliphatic rings. The quantitative estimate of drug-likeness (QED) is 0.425. The van der Waals surface area contributed by atoms with Crippen molar-refractivity contribution in [2.45, 2.75) is 13.5 Å². The monoisotopic (exact) mass is 401 g/mol. The maximum atomic E-state index is 5.86. The van der Waals surface area contributed by atoms with Crippen molar-refractivity contribution in [2.24, 2.45) is 0 Å². The Hall–Kier alpha value is -2.15. The van der Waals surface area contributed by atoms with Crippen LogP contribution in [0.3, 0.4) is 0 Å². The second-order valence-corrected chi connectivity index (χ2v) is 8.32. The highest BCUT2D eigenvalue weighted by molar-refractivity contribution is 7.21. The molecule has 4 nitrogen and oxygen atoms in total. The molecule has 0 amide bonds. The zero-order valence-electron chi connectivity index (χ0n) is 14.0. The summed E-state index contributed by atoms with van der Waals surface area (Å²) in [5, 5.41) is 4.39. The van der Waals surface area contributed by atoms with Crippen molar-refractivity contribution in [3.8, 4) is 16.3 Å². The summed E-state index contributed by atoms with van der Waals surface area (Å²) < 4.78 is 7.27. The smallest absolute Gasteiger partial charge is 0.183 e. The zero-order valence-corrected chi connectivity index (χ0v) is 16.4. The number of rotatable bonds is 6. The second kappa shape index (κ2) is 7.61. The van der Waals surface area contributed by atoms with Gasteiger partial charge in [-0.25, -0.2) is 9.97 Å². The Morgan fingerprint density at radius 3 is 2.69 bits per heavy atom. The predicted octanol–water partition coefficient (Wildman–Crippen LogP) is 6.08. The number of nitrogens with one attached hydrogen (secondary N) is 1. The van der Waals surface area contributed by atoms with E-state index in [1.807, 2.05) is 19.1 Å². The minimum Gasteiger partial charge on any atom is -0.494 e. The van der Waals surface area contributed by atoms with E-state index < -0.39 is 0 Å². The minimum atomic E-state index is 0.570. The molecule has 2 aromatic heterocycles. The van der Waals surface area contributed by atoms with Crippen molar-refractivity contribution in [3.63, 3.8) is 0 Å². The van der Waals surface area contributed by atoms with Gasteiger partial charge in [0.1, 0.15) is 10.8 Å². The maximum Gasteiger partial charge on any atom is 0.183 e. The predicted molar refractivity (Wildman–Crippen MR) is 111 cm³/mol. The van der Waals surface area contributed by atoms with Gasteiger partial charge < -0.3 is 10.1 Å². The van der Waals surface area contributed by atoms with E-state index in [9.17, 15) is 0 Å². The number of aromatic nitrogens is 2. The lowest BCUT2D eigenvalue weighted by Gasteiger charge is -2.05. The molecule has 0 saturated carbocycles. The van der Waals surface area contributed by atoms with Gasteiger partial charge in [0, 0.05) is 22.3 Å². The summed E-state index contributed by atoms with van der Waals surface area (Å²) in [6.07, 6.45) is 1.80. The van der Waals surface area contributed by atoms with Crippen molar-refractivity contribution < 1.29 is 4.74 Å². The summed E-state index contributed by atoms with van der Waals surface area (Å²) in [7, 11) is 0. The van der Waals surface area contributed by atoms with E-state index in [1.54, 1.807) is 17.5 Å². The van der Waals surface area contributed by atoms with Gasteiger partial charge in [0.25, 0.3) is 0 Å². The van der Waals surface area contributed by atoms with E-state index in [0.29, 0.717) is 17.6 Å². The molecule has 2 heterocycles. The largest absolute Gasteiger partial charge is 0.494 e. The van der Waals surface area contributed by atoms with Crippen LogP contribution in [0.15, 0.2) is 48.7 Å². The third-order valence-corrected chi connectivity index (χ3v) is 5.98. The summed E-state index contributed by atoms with van der Waals surface area (Å²) >= 11 is 9.02. The van der Waals surface area contributed by atoms with Gasteiger partial charge in [-0.3, -0.25) is 0 Å². The minimum absolute atomic E-state index is 0.570. The van der Waals surface area contributed by atoms with E-state index >= 15 is 0 Å². The first kappa shape index (κ1) is 17.3. The lowest BCUT2D eigenvalue weighted by Crippen LogP contribution is -1.96. The van der Waals surface area contributed by atoms with Gasteiger partial charge in [-0.15, -0.1) is 22.7 Å². The summed E-state index contributed by atoms with van der Waals surface area (Å²) in [4.78, 5) is 9.89. The first-order valence-corrected chi connectivity index (χ1v) is 10.2. The Kier molecular flexibility index (Phi) is 5.06. The Bertz CT molecular complexity index is 1030. The molecular formula is C19H16ClN3OS2. The molecule has 0 saturated heterocycles. The fourth-order valence-corrected chi connectivity index (χ4v) is 4.49. The molecule has 0 unspecified atom stereocenters. The van der Waals surface area contributed by atoms with E-state index in [2.05, 4.69) is 40.6 Å². The number of thiazole rings is 2. The highest BCUT2D eigenvalue weighted by Gasteiger charge is 2.08. The number of anilines is 1. The van der Waals surface area contributed by atoms with Crippen LogP contribution in [0.4, 0.5) is 5.69 Å². The topological polar surface area (TPSA) is 47.0 Å². The molecule has 0 aliphatic carbocycles. The van der Waals surface area contributed by atoms with Crippen LogP contribution in [0.2, 0.25) is 4.47 Å². The molecule has 0 spiro atoms. The van der Waals surface area contributed by atoms with Crippen LogP contribution in [0.5, 0.6) is 5.75 Å². The summed E-state index contributed by atoms with van der Waals surface area (Å²) in [5.41, 5.74) is 3.16. The average Bonchev–Trinajstić information content (AvgIpc) is 3.26. The number of nitrogens with zero attached hydrogens (tertiary/aromatic N) is 2. The number of hydrogen-bond donors (Lipinski definition) is 1. The van der Waals surface area contributed by atoms with Crippen molar-refractivity contribution >= 4 is 50.2 Å². The van der Waals surface area contributed by atoms with Crippen molar-refractivity contribution in [3.05, 3.63) is 58.0 Å². The average molecular weight is 402 g/mol. The molecule has 7 heteroatoms. The van der Waals surface area contributed by atoms with Crippen molar-refractivity contribution in [2.75, 3.05) is 11.9 Å². The number of ether oxygens (including phenoxy) is 1. The Labute approximate surface area is 164 Å². The molecule has 0 aliphatic heterocycles. The summed E-state index contributed by atoms with van der Waals surface area (Å²) in [6, 6.07) is 14.3. The van der Waals surface area contributed by atoms with Crippen LogP contribution in [0.1, 0.15) is 11.8 Å². The fraction of sp³-hybridized carbons (Fsp3) is 0.158. The Morgan fingerprint density at radius 2 is 1.96 bits per heavy atom. The van der Waals surface area contributed by atoms with Crippen LogP contribution in [-0.2, 0) is 6.54 Å². The summed E-state index contributed by atoms with van der Waals surface area (Å²) in [5.74, 6) is 0.887. The third-order valence-electron chi connectivity index (χ3n) is 3.79. The molecule has 0 atom stereocenters. The first-order chi connectivity index (χ1) is 12.7. The Balaban J connectivity index is 1.49. The number of benzene rings is 2. The zero-order chi connectivity index (χ0) is 17.9. The van der Waals surface area contributed by atoms with Crippen LogP contribution in [-0.4, -0.2) is 16.6 Å². The molecule has 0 bridgehead atoms. The van der Waals surface area contributed by atoms with Crippen molar-refractivity contribution in [1.29, 1.82) is 0 Å². The van der Waals surface area contributed by atoms with Crippen LogP contribution < -0.4 is 10.1 Å². The Morgan fingerprint density at radius 1 is 1.12 bits per heavy atom. The van der Waals surface area contributed by atoms with Gasteiger partial charge in [-0.05, 0) is 49.4 Å². The molecule has 1 N–H and O–H groups in total. The van der Waals surface area contributed by atoms with Crippen LogP contribution in [0, 0.1) is 0 Å². The van der Waals surface area contributed by atoms with Gasteiger partial charge in [0.05, 0.1) is 23.4 Å². The molecule has 132 valence electrons. The number of fused-ring (bicyclic) bond motifs is 1. The normalized spacial score (nSPS) is 11.0. The maximum absolute atomic E-state index is 5.86. The molecule has 0 radical (unpaired) electrons. The van der Waals surface area contributed by atoms with Gasteiger partial charge >= 0.3 is 0 Å². The van der Waals surface area contributed by atoms with Crippen LogP contribution in [0.25, 0.3) is 20.8 Å². The molecule has 2 aromatic carbocycles. The van der Waals surface area contributed by atoms with Crippen LogP contribution >= 0.6 is 34.3 Å². The lowest BCUT2D eigenvalue weighted by atomic mass is 10.2. The van der Waals surface area contributed by atoms with E-state index in [-0.39, 0.29) is 0 Å². The summed E-state index contributed by atoms with van der Waals surface area (Å²) in [6.45, 7) is 3.37. The standard InChI is InChI=1S/C19H16ClN3OS2/c1-2-24-14-7-8-16-17(9-14)26-18(23-16)12-3-5-13(6-4-12)21-10-15-11-22-19(20)25-15/h3-9,11,21H,2,10H2,1H3. The second-order valence-electron chi connectivity index (χ2n) is 5.59. The molecule has 4 aromatic rings. The lowest BCUT2D eigenvalue weighted by molar-refractivity contribution is 0.341. The number of hydrogen-bond acceptors (Lipinski definition) is 6. The van der Waals surface area contributed by atoms with Gasteiger partial charge in [0.15, 0.2) is 4.47 Å². The molecule has 0 fully saturated rings. The van der Waals surface area contributed by atoms with E-state index in [0.717, 1.165) is 37.1 Å². The third kappa shape index (κ3) is 3.82. The van der Waals surface area contributed by atoms with Crippen molar-refractivity contribution in [1.82, 2.24) is 9.97 Å². The first-order valence-electron chi connectivity index (χ1n) is 8.19. The van der Waals surface area contributed by atoms with Gasteiger partial charge in [-0.1, -0.05) is 11.6 Å². The molecule has 4 rings (SSSR count). The highest BCUT2D eigenvalue weighted by atomic mass is 35.5. The number of halogens is 1.